The van der Waals surface area contributed by atoms with Crippen LogP contribution >= 0.6 is 23.2 Å². The third-order valence-electron chi connectivity index (χ3n) is 2.59. The summed E-state index contributed by atoms with van der Waals surface area (Å²) in [5.41, 5.74) is -0.219. The van der Waals surface area contributed by atoms with Gasteiger partial charge in [-0.25, -0.2) is 13.2 Å². The summed E-state index contributed by atoms with van der Waals surface area (Å²) < 4.78 is 39.4. The molecule has 1 aromatic rings. The number of benzene rings is 1. The Morgan fingerprint density at radius 3 is 2.39 bits per heavy atom. The summed E-state index contributed by atoms with van der Waals surface area (Å²) in [4.78, 5) is 11.2. The SMILES string of the molecule is O=C(Cl)C(CCCCCl)c1ccc(F)c(F)c1F. The summed E-state index contributed by atoms with van der Waals surface area (Å²) >= 11 is 10.9. The molecule has 0 aliphatic heterocycles. The first kappa shape index (κ1) is 15.3. The van der Waals surface area contributed by atoms with Crippen LogP contribution in [0.25, 0.3) is 0 Å². The van der Waals surface area contributed by atoms with Crippen molar-refractivity contribution in [1.29, 1.82) is 0 Å². The molecule has 0 aliphatic carbocycles. The minimum absolute atomic E-state index is 0.219. The Morgan fingerprint density at radius 2 is 1.83 bits per heavy atom. The van der Waals surface area contributed by atoms with Crippen molar-refractivity contribution in [2.75, 3.05) is 5.88 Å². The van der Waals surface area contributed by atoms with Gasteiger partial charge in [0.05, 0.1) is 5.92 Å². The van der Waals surface area contributed by atoms with Gasteiger partial charge in [-0.1, -0.05) is 12.5 Å². The zero-order valence-corrected chi connectivity index (χ0v) is 10.9. The monoisotopic (exact) mass is 298 g/mol. The predicted octanol–water partition coefficient (Wildman–Crippen LogP) is 4.36. The van der Waals surface area contributed by atoms with Gasteiger partial charge in [-0.3, -0.25) is 4.79 Å². The van der Waals surface area contributed by atoms with E-state index in [-0.39, 0.29) is 12.0 Å². The Hall–Kier alpha value is -0.740. The van der Waals surface area contributed by atoms with Crippen LogP contribution in [0.1, 0.15) is 30.7 Å². The molecule has 0 spiro atoms. The van der Waals surface area contributed by atoms with Crippen molar-refractivity contribution in [2.24, 2.45) is 0 Å². The van der Waals surface area contributed by atoms with Crippen molar-refractivity contribution >= 4 is 28.4 Å². The van der Waals surface area contributed by atoms with E-state index in [1.807, 2.05) is 0 Å². The van der Waals surface area contributed by atoms with Gasteiger partial charge < -0.3 is 0 Å². The number of rotatable bonds is 6. The van der Waals surface area contributed by atoms with E-state index in [1.54, 1.807) is 0 Å². The van der Waals surface area contributed by atoms with Crippen LogP contribution in [0.15, 0.2) is 12.1 Å². The number of carbonyl (C=O) groups is 1. The smallest absolute Gasteiger partial charge is 0.229 e. The van der Waals surface area contributed by atoms with E-state index in [4.69, 9.17) is 23.2 Å². The Morgan fingerprint density at radius 1 is 1.17 bits per heavy atom. The number of unbranched alkanes of at least 4 members (excludes halogenated alkanes) is 1. The number of carbonyl (C=O) groups excluding carboxylic acids is 1. The summed E-state index contributed by atoms with van der Waals surface area (Å²) in [5, 5.41) is -0.797. The highest BCUT2D eigenvalue weighted by Gasteiger charge is 2.25. The number of hydrogen-bond acceptors (Lipinski definition) is 1. The molecule has 18 heavy (non-hydrogen) atoms. The van der Waals surface area contributed by atoms with Crippen molar-refractivity contribution in [2.45, 2.75) is 25.2 Å². The van der Waals surface area contributed by atoms with Crippen LogP contribution < -0.4 is 0 Å². The van der Waals surface area contributed by atoms with Crippen molar-refractivity contribution < 1.29 is 18.0 Å². The first-order chi connectivity index (χ1) is 8.49. The summed E-state index contributed by atoms with van der Waals surface area (Å²) in [6.45, 7) is 0. The standard InChI is InChI=1S/C12H11Cl2F3O/c13-6-2-1-3-8(12(14)18)7-4-5-9(15)11(17)10(7)16/h4-5,8H,1-3,6H2. The van der Waals surface area contributed by atoms with Crippen molar-refractivity contribution in [3.05, 3.63) is 35.1 Å². The Kier molecular flexibility index (Phi) is 5.96. The van der Waals surface area contributed by atoms with Crippen LogP contribution in [0.4, 0.5) is 13.2 Å². The minimum atomic E-state index is -1.59. The molecule has 0 N–H and O–H groups in total. The number of halogens is 5. The van der Waals surface area contributed by atoms with Gasteiger partial charge in [-0.05, 0) is 30.5 Å². The molecule has 1 unspecified atom stereocenters. The normalized spacial score (nSPS) is 12.5. The van der Waals surface area contributed by atoms with Gasteiger partial charge in [0.25, 0.3) is 0 Å². The summed E-state index contributed by atoms with van der Waals surface area (Å²) in [6, 6.07) is 1.82. The Bertz CT molecular complexity index is 438. The lowest BCUT2D eigenvalue weighted by Crippen LogP contribution is -2.11. The second-order valence-corrected chi connectivity index (χ2v) is 4.56. The molecule has 1 atom stereocenters. The van der Waals surface area contributed by atoms with Gasteiger partial charge in [-0.2, -0.15) is 0 Å². The highest BCUT2D eigenvalue weighted by atomic mass is 35.5. The number of hydrogen-bond donors (Lipinski definition) is 0. The molecule has 0 bridgehead atoms. The molecule has 0 saturated carbocycles. The maximum atomic E-state index is 13.5. The molecule has 6 heteroatoms. The highest BCUT2D eigenvalue weighted by Crippen LogP contribution is 2.29. The second kappa shape index (κ2) is 7.00. The first-order valence-electron chi connectivity index (χ1n) is 5.37. The van der Waals surface area contributed by atoms with Crippen LogP contribution in [0.5, 0.6) is 0 Å². The average Bonchev–Trinajstić information content (AvgIpc) is 2.33. The zero-order valence-electron chi connectivity index (χ0n) is 9.36. The molecular weight excluding hydrogens is 288 g/mol. The molecule has 0 aromatic heterocycles. The lowest BCUT2D eigenvalue weighted by atomic mass is 9.94. The van der Waals surface area contributed by atoms with Gasteiger partial charge in [-0.15, -0.1) is 11.6 Å². The second-order valence-electron chi connectivity index (χ2n) is 3.81. The molecular formula is C12H11Cl2F3O. The molecule has 1 nitrogen and oxygen atoms in total. The Labute approximate surface area is 113 Å². The van der Waals surface area contributed by atoms with Crippen LogP contribution in [0, 0.1) is 17.5 Å². The molecule has 0 heterocycles. The van der Waals surface area contributed by atoms with E-state index in [0.29, 0.717) is 18.7 Å². The lowest BCUT2D eigenvalue weighted by molar-refractivity contribution is -0.113. The highest BCUT2D eigenvalue weighted by molar-refractivity contribution is 6.64. The van der Waals surface area contributed by atoms with E-state index in [0.717, 1.165) is 12.1 Å². The van der Waals surface area contributed by atoms with Crippen molar-refractivity contribution in [1.82, 2.24) is 0 Å². The molecule has 0 aliphatic rings. The molecule has 0 saturated heterocycles. The molecule has 0 radical (unpaired) electrons. The van der Waals surface area contributed by atoms with Gasteiger partial charge in [0, 0.05) is 11.4 Å². The largest absolute Gasteiger partial charge is 0.281 e. The molecule has 100 valence electrons. The summed E-state index contributed by atoms with van der Waals surface area (Å²) in [6.07, 6.45) is 1.43. The summed E-state index contributed by atoms with van der Waals surface area (Å²) in [5.74, 6) is -4.82. The topological polar surface area (TPSA) is 17.1 Å². The predicted molar refractivity (Wildman–Crippen MR) is 64.5 cm³/mol. The summed E-state index contributed by atoms with van der Waals surface area (Å²) in [7, 11) is 0. The van der Waals surface area contributed by atoms with Gasteiger partial charge in [0.15, 0.2) is 17.5 Å². The fourth-order valence-electron chi connectivity index (χ4n) is 1.64. The molecule has 0 amide bonds. The van der Waals surface area contributed by atoms with E-state index < -0.39 is 28.6 Å². The quantitative estimate of drug-likeness (QED) is 0.330. The van der Waals surface area contributed by atoms with Crippen molar-refractivity contribution in [3.8, 4) is 0 Å². The van der Waals surface area contributed by atoms with Crippen LogP contribution in [-0.2, 0) is 4.79 Å². The zero-order chi connectivity index (χ0) is 13.7. The van der Waals surface area contributed by atoms with Gasteiger partial charge in [0.2, 0.25) is 5.24 Å². The van der Waals surface area contributed by atoms with Gasteiger partial charge in [0.1, 0.15) is 0 Å². The molecule has 1 aromatic carbocycles. The molecule has 0 fully saturated rings. The molecule has 1 rings (SSSR count). The lowest BCUT2D eigenvalue weighted by Gasteiger charge is -2.14. The van der Waals surface area contributed by atoms with E-state index >= 15 is 0 Å². The van der Waals surface area contributed by atoms with Crippen LogP contribution in [0.3, 0.4) is 0 Å². The van der Waals surface area contributed by atoms with E-state index in [2.05, 4.69) is 0 Å². The van der Waals surface area contributed by atoms with E-state index in [1.165, 1.54) is 0 Å². The van der Waals surface area contributed by atoms with E-state index in [9.17, 15) is 18.0 Å². The van der Waals surface area contributed by atoms with Gasteiger partial charge >= 0.3 is 0 Å². The average molecular weight is 299 g/mol. The Balaban J connectivity index is 2.99. The maximum Gasteiger partial charge on any atom is 0.229 e. The van der Waals surface area contributed by atoms with Crippen molar-refractivity contribution in [3.63, 3.8) is 0 Å². The maximum absolute atomic E-state index is 13.5. The fraction of sp³-hybridized carbons (Fsp3) is 0.417. The third kappa shape index (κ3) is 3.62. The fourth-order valence-corrected chi connectivity index (χ4v) is 2.06. The first-order valence-corrected chi connectivity index (χ1v) is 6.29. The van der Waals surface area contributed by atoms with Crippen LogP contribution in [-0.4, -0.2) is 11.1 Å². The third-order valence-corrected chi connectivity index (χ3v) is 3.12. The number of alkyl halides is 1. The minimum Gasteiger partial charge on any atom is -0.281 e. The van der Waals surface area contributed by atoms with Crippen LogP contribution in [0.2, 0.25) is 0 Å².